The minimum Gasteiger partial charge on any atom is -0.396 e. The van der Waals surface area contributed by atoms with Crippen molar-refractivity contribution >= 4 is 61.9 Å². The van der Waals surface area contributed by atoms with Crippen LogP contribution in [0.2, 0.25) is 0 Å². The molecular weight excluding hydrogens is 638 g/mol. The molecule has 3 unspecified atom stereocenters. The monoisotopic (exact) mass is 681 g/mol. The van der Waals surface area contributed by atoms with Crippen molar-refractivity contribution in [2.45, 2.75) is 66.3 Å². The number of hydrogen-bond donors (Lipinski definition) is 1. The second kappa shape index (κ2) is 14.2. The lowest BCUT2D eigenvalue weighted by Crippen LogP contribution is -2.56. The summed E-state index contributed by atoms with van der Waals surface area (Å²) in [5.74, 6) is -1.27. The zero-order valence-corrected chi connectivity index (χ0v) is 28.0. The molecule has 3 heterocycles. The van der Waals surface area contributed by atoms with Crippen molar-refractivity contribution in [1.82, 2.24) is 9.80 Å². The number of fused-ring (bicyclic) bond motifs is 2. The van der Waals surface area contributed by atoms with E-state index in [2.05, 4.69) is 29.1 Å². The Morgan fingerprint density at radius 1 is 1.07 bits per heavy atom. The fourth-order valence-corrected chi connectivity index (χ4v) is 11.2. The lowest BCUT2D eigenvalue weighted by molar-refractivity contribution is -0.143. The Kier molecular flexibility index (Phi) is 10.6. The first kappa shape index (κ1) is 32.8. The Labute approximate surface area is 273 Å². The first-order chi connectivity index (χ1) is 21.3. The summed E-state index contributed by atoms with van der Waals surface area (Å²) in [7, 11) is 0. The SMILES string of the molecule is C=CCN(CCC)C(=O)[C@H]1[C@H]2C(=O)N(CCCCCCO)C(C(=O)N(CC=C)c3ccc4ccccc4c3)C23CC(Br)[C@@H]1S3. The predicted molar refractivity (Wildman–Crippen MR) is 183 cm³/mol. The van der Waals surface area contributed by atoms with Gasteiger partial charge in [-0.25, -0.2) is 0 Å². The topological polar surface area (TPSA) is 81.2 Å². The van der Waals surface area contributed by atoms with Gasteiger partial charge in [0.2, 0.25) is 11.8 Å². The molecule has 1 spiro atoms. The summed E-state index contributed by atoms with van der Waals surface area (Å²) < 4.78 is -0.708. The summed E-state index contributed by atoms with van der Waals surface area (Å²) in [6.45, 7) is 11.8. The molecule has 2 aromatic carbocycles. The number of anilines is 1. The van der Waals surface area contributed by atoms with Crippen LogP contribution in [-0.4, -0.2) is 86.3 Å². The summed E-state index contributed by atoms with van der Waals surface area (Å²) >= 11 is 5.58. The summed E-state index contributed by atoms with van der Waals surface area (Å²) in [5, 5.41) is 11.3. The minimum atomic E-state index is -0.708. The van der Waals surface area contributed by atoms with Crippen LogP contribution in [0, 0.1) is 11.8 Å². The molecule has 3 fully saturated rings. The van der Waals surface area contributed by atoms with E-state index in [9.17, 15) is 19.5 Å². The van der Waals surface area contributed by atoms with Crippen molar-refractivity contribution in [3.05, 3.63) is 67.8 Å². The van der Waals surface area contributed by atoms with Crippen LogP contribution in [0.5, 0.6) is 0 Å². The molecule has 0 saturated carbocycles. The molecule has 44 heavy (non-hydrogen) atoms. The molecule has 9 heteroatoms. The van der Waals surface area contributed by atoms with E-state index < -0.39 is 22.6 Å². The summed E-state index contributed by atoms with van der Waals surface area (Å²) in [5.41, 5.74) is 0.768. The maximum absolute atomic E-state index is 14.9. The quantitative estimate of drug-likeness (QED) is 0.146. The number of hydrogen-bond acceptors (Lipinski definition) is 5. The van der Waals surface area contributed by atoms with Crippen molar-refractivity contribution in [2.75, 3.05) is 37.7 Å². The first-order valence-corrected chi connectivity index (χ1v) is 17.7. The van der Waals surface area contributed by atoms with Crippen LogP contribution in [0.3, 0.4) is 0 Å². The number of carbonyl (C=O) groups is 3. The highest BCUT2D eigenvalue weighted by molar-refractivity contribution is 9.09. The number of likely N-dealkylation sites (tertiary alicyclic amines) is 1. The van der Waals surface area contributed by atoms with E-state index in [0.717, 1.165) is 42.1 Å². The van der Waals surface area contributed by atoms with Gasteiger partial charge in [-0.1, -0.05) is 78.2 Å². The number of amides is 3. The number of halogens is 1. The molecule has 1 N–H and O–H groups in total. The smallest absolute Gasteiger partial charge is 0.251 e. The van der Waals surface area contributed by atoms with Gasteiger partial charge in [0.25, 0.3) is 5.91 Å². The molecule has 3 amide bonds. The maximum Gasteiger partial charge on any atom is 0.251 e. The van der Waals surface area contributed by atoms with Gasteiger partial charge in [-0.3, -0.25) is 14.4 Å². The van der Waals surface area contributed by atoms with Gasteiger partial charge in [0, 0.05) is 48.6 Å². The normalized spacial score (nSPS) is 27.0. The number of unbranched alkanes of at least 4 members (excludes halogenated alkanes) is 3. The van der Waals surface area contributed by atoms with Crippen LogP contribution < -0.4 is 4.90 Å². The first-order valence-electron chi connectivity index (χ1n) is 15.9. The third kappa shape index (κ3) is 5.87. The van der Waals surface area contributed by atoms with Gasteiger partial charge in [0.05, 0.1) is 16.6 Å². The van der Waals surface area contributed by atoms with E-state index >= 15 is 0 Å². The lowest BCUT2D eigenvalue weighted by Gasteiger charge is -2.38. The summed E-state index contributed by atoms with van der Waals surface area (Å²) in [6, 6.07) is 13.4. The van der Waals surface area contributed by atoms with Crippen molar-refractivity contribution < 1.29 is 19.5 Å². The Morgan fingerprint density at radius 3 is 2.50 bits per heavy atom. The van der Waals surface area contributed by atoms with Crippen LogP contribution >= 0.6 is 27.7 Å². The highest BCUT2D eigenvalue weighted by Crippen LogP contribution is 2.68. The Bertz CT molecular complexity index is 1400. The minimum absolute atomic E-state index is 0.0119. The number of benzene rings is 2. The molecule has 2 bridgehead atoms. The third-order valence-corrected chi connectivity index (χ3v) is 12.6. The van der Waals surface area contributed by atoms with Gasteiger partial charge in [-0.05, 0) is 48.6 Å². The number of carbonyl (C=O) groups excluding carboxylic acids is 3. The third-order valence-electron chi connectivity index (χ3n) is 9.39. The highest BCUT2D eigenvalue weighted by Gasteiger charge is 2.76. The summed E-state index contributed by atoms with van der Waals surface area (Å²) in [4.78, 5) is 49.1. The maximum atomic E-state index is 14.9. The number of aliphatic hydroxyl groups is 1. The number of rotatable bonds is 15. The second-order valence-corrected chi connectivity index (χ2v) is 14.9. The van der Waals surface area contributed by atoms with Crippen molar-refractivity contribution in [3.8, 4) is 0 Å². The van der Waals surface area contributed by atoms with Gasteiger partial charge in [-0.15, -0.1) is 24.9 Å². The van der Waals surface area contributed by atoms with E-state index in [1.54, 1.807) is 33.7 Å². The Hall–Kier alpha value is -2.62. The molecular formula is C35H44BrN3O4S. The second-order valence-electron chi connectivity index (χ2n) is 12.2. The summed E-state index contributed by atoms with van der Waals surface area (Å²) in [6.07, 6.45) is 8.10. The Balaban J connectivity index is 1.55. The highest BCUT2D eigenvalue weighted by atomic mass is 79.9. The zero-order chi connectivity index (χ0) is 31.4. The van der Waals surface area contributed by atoms with Crippen molar-refractivity contribution in [1.29, 1.82) is 0 Å². The van der Waals surface area contributed by atoms with Gasteiger partial charge < -0.3 is 19.8 Å². The van der Waals surface area contributed by atoms with Gasteiger partial charge in [0.1, 0.15) is 6.04 Å². The van der Waals surface area contributed by atoms with E-state index in [1.165, 1.54) is 0 Å². The van der Waals surface area contributed by atoms with E-state index in [4.69, 9.17) is 0 Å². The van der Waals surface area contributed by atoms with Crippen LogP contribution in [0.4, 0.5) is 5.69 Å². The zero-order valence-electron chi connectivity index (χ0n) is 25.6. The van der Waals surface area contributed by atoms with Gasteiger partial charge in [0.15, 0.2) is 0 Å². The number of aliphatic hydroxyl groups excluding tert-OH is 1. The van der Waals surface area contributed by atoms with Gasteiger partial charge >= 0.3 is 0 Å². The van der Waals surface area contributed by atoms with Crippen molar-refractivity contribution in [2.24, 2.45) is 11.8 Å². The van der Waals surface area contributed by atoms with Crippen LogP contribution in [0.1, 0.15) is 45.4 Å². The van der Waals surface area contributed by atoms with E-state index in [-0.39, 0.29) is 34.4 Å². The standard InChI is InChI=1S/C35H44BrN3O4S/c1-4-17-37(18-5-2)32(41)28-29-33(42)39(20-11-7-8-12-21-40)31(35(29)23-27(36)30(28)44-35)34(43)38(19-6-3)26-16-15-24-13-9-10-14-25(24)22-26/h4,6,9-10,13-16,22,27-31,40H,1,3,5,7-8,11-12,17-21,23H2,2H3/t27?,28-,29-,30-,31?,35?/m0/s1. The fraction of sp³-hybridized carbons (Fsp3) is 0.514. The Morgan fingerprint density at radius 2 is 1.80 bits per heavy atom. The average molecular weight is 683 g/mol. The average Bonchev–Trinajstić information content (AvgIpc) is 3.62. The van der Waals surface area contributed by atoms with Crippen molar-refractivity contribution in [3.63, 3.8) is 0 Å². The molecule has 0 aliphatic carbocycles. The molecule has 6 atom stereocenters. The molecule has 3 aliphatic heterocycles. The molecule has 5 rings (SSSR count). The molecule has 7 nitrogen and oxygen atoms in total. The van der Waals surface area contributed by atoms with Crippen LogP contribution in [0.15, 0.2) is 67.8 Å². The van der Waals surface area contributed by atoms with Crippen LogP contribution in [0.25, 0.3) is 10.8 Å². The van der Waals surface area contributed by atoms with Gasteiger partial charge in [-0.2, -0.15) is 0 Å². The van der Waals surface area contributed by atoms with Crippen LogP contribution in [-0.2, 0) is 14.4 Å². The molecule has 236 valence electrons. The number of alkyl halides is 1. The predicted octanol–water partition coefficient (Wildman–Crippen LogP) is 5.80. The molecule has 0 aromatic heterocycles. The number of nitrogens with zero attached hydrogens (tertiary/aromatic N) is 3. The lowest BCUT2D eigenvalue weighted by atomic mass is 9.70. The number of thioether (sulfide) groups is 1. The van der Waals surface area contributed by atoms with E-state index in [1.807, 2.05) is 54.3 Å². The molecule has 0 radical (unpaired) electrons. The molecule has 2 aromatic rings. The fourth-order valence-electron chi connectivity index (χ4n) is 7.55. The van der Waals surface area contributed by atoms with E-state index in [0.29, 0.717) is 39.0 Å². The molecule has 3 aliphatic rings. The molecule has 3 saturated heterocycles. The largest absolute Gasteiger partial charge is 0.396 e.